The minimum Gasteiger partial charge on any atom is -0.497 e. The zero-order valence-corrected chi connectivity index (χ0v) is 16.9. The number of sulfonamides is 1. The molecule has 2 aromatic carbocycles. The van der Waals surface area contributed by atoms with Gasteiger partial charge >= 0.3 is 5.97 Å². The molecule has 0 aliphatic carbocycles. The molecule has 1 unspecified atom stereocenters. The van der Waals surface area contributed by atoms with Crippen molar-refractivity contribution in [3.8, 4) is 11.8 Å². The van der Waals surface area contributed by atoms with Crippen molar-refractivity contribution in [2.24, 2.45) is 5.92 Å². The van der Waals surface area contributed by atoms with Crippen LogP contribution < -0.4 is 4.74 Å². The second-order valence-corrected chi connectivity index (χ2v) is 8.73. The molecule has 1 saturated heterocycles. The molecule has 1 fully saturated rings. The predicted molar refractivity (Wildman–Crippen MR) is 105 cm³/mol. The van der Waals surface area contributed by atoms with Gasteiger partial charge in [-0.1, -0.05) is 12.1 Å². The van der Waals surface area contributed by atoms with Gasteiger partial charge in [-0.15, -0.1) is 0 Å². The van der Waals surface area contributed by atoms with Crippen molar-refractivity contribution in [2.45, 2.75) is 24.3 Å². The quantitative estimate of drug-likeness (QED) is 0.674. The Morgan fingerprint density at radius 3 is 2.48 bits per heavy atom. The van der Waals surface area contributed by atoms with Crippen LogP contribution in [0.4, 0.5) is 0 Å². The first-order valence-corrected chi connectivity index (χ1v) is 10.7. The molecule has 3 rings (SSSR count). The standard InChI is InChI=1S/C21H22N2O5S/c1-27-19-8-10-20(11-9-19)29(25,26)23-12-2-3-18(14-23)21(24)28-15-17-6-4-16(13-22)5-7-17/h4-11,18H,2-3,12,14-15H2,1H3. The van der Waals surface area contributed by atoms with Crippen LogP contribution in [0.15, 0.2) is 53.4 Å². The second-order valence-electron chi connectivity index (χ2n) is 6.79. The Balaban J connectivity index is 1.62. The van der Waals surface area contributed by atoms with Crippen LogP contribution in [0.25, 0.3) is 0 Å². The molecule has 0 saturated carbocycles. The van der Waals surface area contributed by atoms with E-state index in [1.165, 1.54) is 23.5 Å². The number of rotatable bonds is 6. The van der Waals surface area contributed by atoms with Crippen molar-refractivity contribution in [1.29, 1.82) is 5.26 Å². The first-order valence-electron chi connectivity index (χ1n) is 9.24. The molecule has 152 valence electrons. The third-order valence-corrected chi connectivity index (χ3v) is 6.76. The Morgan fingerprint density at radius 1 is 1.17 bits per heavy atom. The average molecular weight is 414 g/mol. The summed E-state index contributed by atoms with van der Waals surface area (Å²) in [6.45, 7) is 0.556. The monoisotopic (exact) mass is 414 g/mol. The Morgan fingerprint density at radius 2 is 1.86 bits per heavy atom. The average Bonchev–Trinajstić information content (AvgIpc) is 2.78. The van der Waals surface area contributed by atoms with Crippen LogP contribution in [0, 0.1) is 17.2 Å². The van der Waals surface area contributed by atoms with E-state index in [0.717, 1.165) is 5.56 Å². The molecule has 0 aromatic heterocycles. The fraction of sp³-hybridized carbons (Fsp3) is 0.333. The largest absolute Gasteiger partial charge is 0.497 e. The number of hydrogen-bond donors (Lipinski definition) is 0. The van der Waals surface area contributed by atoms with Crippen LogP contribution in [0.3, 0.4) is 0 Å². The number of methoxy groups -OCH3 is 1. The molecule has 2 aromatic rings. The summed E-state index contributed by atoms with van der Waals surface area (Å²) < 4.78 is 37.6. The molecule has 1 aliphatic heterocycles. The van der Waals surface area contributed by atoms with Gasteiger partial charge in [-0.25, -0.2) is 8.42 Å². The molecule has 7 nitrogen and oxygen atoms in total. The maximum Gasteiger partial charge on any atom is 0.310 e. The molecule has 0 amide bonds. The number of nitrogens with zero attached hydrogens (tertiary/aromatic N) is 2. The van der Waals surface area contributed by atoms with Crippen LogP contribution in [-0.2, 0) is 26.2 Å². The van der Waals surface area contributed by atoms with Crippen LogP contribution in [0.2, 0.25) is 0 Å². The third kappa shape index (κ3) is 4.94. The van der Waals surface area contributed by atoms with E-state index < -0.39 is 21.9 Å². The topological polar surface area (TPSA) is 96.7 Å². The number of esters is 1. The van der Waals surface area contributed by atoms with Crippen molar-refractivity contribution in [1.82, 2.24) is 4.31 Å². The van der Waals surface area contributed by atoms with E-state index in [9.17, 15) is 13.2 Å². The maximum atomic E-state index is 12.9. The lowest BCUT2D eigenvalue weighted by molar-refractivity contribution is -0.151. The molecule has 0 N–H and O–H groups in total. The van der Waals surface area contributed by atoms with Gasteiger partial charge < -0.3 is 9.47 Å². The van der Waals surface area contributed by atoms with E-state index >= 15 is 0 Å². The Bertz CT molecular complexity index is 995. The van der Waals surface area contributed by atoms with Crippen LogP contribution in [0.1, 0.15) is 24.0 Å². The zero-order chi connectivity index (χ0) is 20.9. The molecule has 0 radical (unpaired) electrons. The molecular weight excluding hydrogens is 392 g/mol. The SMILES string of the molecule is COc1ccc(S(=O)(=O)N2CCCC(C(=O)OCc3ccc(C#N)cc3)C2)cc1. The number of ether oxygens (including phenoxy) is 2. The molecule has 1 atom stereocenters. The summed E-state index contributed by atoms with van der Waals surface area (Å²) in [7, 11) is -2.17. The molecular formula is C21H22N2O5S. The van der Waals surface area contributed by atoms with E-state index in [4.69, 9.17) is 14.7 Å². The minimum absolute atomic E-state index is 0.0896. The normalized spacial score (nSPS) is 17.3. The lowest BCUT2D eigenvalue weighted by Gasteiger charge is -2.30. The molecule has 8 heteroatoms. The predicted octanol–water partition coefficient (Wildman–Crippen LogP) is 2.71. The van der Waals surface area contributed by atoms with E-state index in [-0.39, 0.29) is 18.0 Å². The maximum absolute atomic E-state index is 12.9. The first-order chi connectivity index (χ1) is 13.9. The third-order valence-electron chi connectivity index (χ3n) is 4.88. The second kappa shape index (κ2) is 9.07. The van der Waals surface area contributed by atoms with Gasteiger partial charge in [0.05, 0.1) is 29.6 Å². The van der Waals surface area contributed by atoms with Gasteiger partial charge in [-0.05, 0) is 54.8 Å². The first kappa shape index (κ1) is 20.8. The zero-order valence-electron chi connectivity index (χ0n) is 16.1. The van der Waals surface area contributed by atoms with Crippen molar-refractivity contribution in [3.63, 3.8) is 0 Å². The van der Waals surface area contributed by atoms with Gasteiger partial charge in [0.2, 0.25) is 10.0 Å². The van der Waals surface area contributed by atoms with Gasteiger partial charge in [0.25, 0.3) is 0 Å². The van der Waals surface area contributed by atoms with Gasteiger partial charge in [-0.3, -0.25) is 4.79 Å². The summed E-state index contributed by atoms with van der Waals surface area (Å²) >= 11 is 0. The summed E-state index contributed by atoms with van der Waals surface area (Å²) in [4.78, 5) is 12.6. The Kier molecular flexibility index (Phi) is 6.52. The van der Waals surface area contributed by atoms with Gasteiger partial charge in [0, 0.05) is 13.1 Å². The number of piperidine rings is 1. The smallest absolute Gasteiger partial charge is 0.310 e. The summed E-state index contributed by atoms with van der Waals surface area (Å²) in [5, 5.41) is 8.82. The number of nitriles is 1. The van der Waals surface area contributed by atoms with E-state index in [1.54, 1.807) is 36.4 Å². The molecule has 1 heterocycles. The van der Waals surface area contributed by atoms with Gasteiger partial charge in [0.15, 0.2) is 0 Å². The van der Waals surface area contributed by atoms with Gasteiger partial charge in [0.1, 0.15) is 12.4 Å². The lowest BCUT2D eigenvalue weighted by atomic mass is 10.00. The highest BCUT2D eigenvalue weighted by Gasteiger charge is 2.34. The number of hydrogen-bond acceptors (Lipinski definition) is 6. The molecule has 0 bridgehead atoms. The molecule has 1 aliphatic rings. The summed E-state index contributed by atoms with van der Waals surface area (Å²) in [6, 6.07) is 15.0. The Labute approximate surface area is 170 Å². The van der Waals surface area contributed by atoms with E-state index in [0.29, 0.717) is 30.7 Å². The van der Waals surface area contributed by atoms with E-state index in [2.05, 4.69) is 0 Å². The fourth-order valence-corrected chi connectivity index (χ4v) is 4.72. The van der Waals surface area contributed by atoms with Crippen LogP contribution in [-0.4, -0.2) is 38.9 Å². The van der Waals surface area contributed by atoms with E-state index in [1.807, 2.05) is 6.07 Å². The molecule has 0 spiro atoms. The van der Waals surface area contributed by atoms with Crippen molar-refractivity contribution >= 4 is 16.0 Å². The molecule has 29 heavy (non-hydrogen) atoms. The highest BCUT2D eigenvalue weighted by Crippen LogP contribution is 2.26. The summed E-state index contributed by atoms with van der Waals surface area (Å²) in [6.07, 6.45) is 1.17. The fourth-order valence-electron chi connectivity index (χ4n) is 3.20. The van der Waals surface area contributed by atoms with Crippen molar-refractivity contribution in [3.05, 3.63) is 59.7 Å². The highest BCUT2D eigenvalue weighted by atomic mass is 32.2. The summed E-state index contributed by atoms with van der Waals surface area (Å²) in [5.41, 5.74) is 1.31. The van der Waals surface area contributed by atoms with Crippen LogP contribution in [0.5, 0.6) is 5.75 Å². The number of carbonyl (C=O) groups excluding carboxylic acids is 1. The summed E-state index contributed by atoms with van der Waals surface area (Å²) in [5.74, 6) is -0.342. The van der Waals surface area contributed by atoms with Crippen molar-refractivity contribution < 1.29 is 22.7 Å². The minimum atomic E-state index is -3.69. The van der Waals surface area contributed by atoms with Crippen molar-refractivity contribution in [2.75, 3.05) is 20.2 Å². The van der Waals surface area contributed by atoms with Gasteiger partial charge in [-0.2, -0.15) is 9.57 Å². The van der Waals surface area contributed by atoms with Crippen LogP contribution >= 0.6 is 0 Å². The number of benzene rings is 2. The highest BCUT2D eigenvalue weighted by molar-refractivity contribution is 7.89. The Hall–Kier alpha value is -2.89. The number of carbonyl (C=O) groups is 1. The lowest BCUT2D eigenvalue weighted by Crippen LogP contribution is -2.42.